The van der Waals surface area contributed by atoms with Crippen molar-refractivity contribution in [3.8, 4) is 5.75 Å². The Morgan fingerprint density at radius 2 is 1.65 bits per heavy atom. The van der Waals surface area contributed by atoms with Gasteiger partial charge in [-0.15, -0.1) is 24.8 Å². The summed E-state index contributed by atoms with van der Waals surface area (Å²) in [5.41, 5.74) is 1.47. The van der Waals surface area contributed by atoms with Gasteiger partial charge in [0.1, 0.15) is 5.75 Å². The van der Waals surface area contributed by atoms with E-state index in [-0.39, 0.29) is 30.9 Å². The summed E-state index contributed by atoms with van der Waals surface area (Å²) in [5, 5.41) is 3.47. The monoisotopic (exact) mass is 360 g/mol. The first-order valence-electron chi connectivity index (χ1n) is 8.45. The summed E-state index contributed by atoms with van der Waals surface area (Å²) in [4.78, 5) is 2.68. The van der Waals surface area contributed by atoms with Crippen molar-refractivity contribution in [2.75, 3.05) is 26.2 Å². The molecule has 1 N–H and O–H groups in total. The molecule has 0 unspecified atom stereocenters. The van der Waals surface area contributed by atoms with Gasteiger partial charge in [-0.2, -0.15) is 0 Å². The van der Waals surface area contributed by atoms with Gasteiger partial charge in [0.2, 0.25) is 0 Å². The lowest BCUT2D eigenvalue weighted by Crippen LogP contribution is -2.47. The fraction of sp³-hybridized carbons (Fsp3) is 0.667. The van der Waals surface area contributed by atoms with Crippen LogP contribution in [0.25, 0.3) is 0 Å². The van der Waals surface area contributed by atoms with E-state index in [4.69, 9.17) is 4.74 Å². The third-order valence-electron chi connectivity index (χ3n) is 4.73. The van der Waals surface area contributed by atoms with Crippen molar-refractivity contribution in [1.82, 2.24) is 10.2 Å². The Labute approximate surface area is 153 Å². The van der Waals surface area contributed by atoms with Gasteiger partial charge < -0.3 is 10.1 Å². The molecule has 0 radical (unpaired) electrons. The van der Waals surface area contributed by atoms with E-state index >= 15 is 0 Å². The van der Waals surface area contributed by atoms with Crippen LogP contribution in [0.4, 0.5) is 0 Å². The zero-order valence-electron chi connectivity index (χ0n) is 14.2. The lowest BCUT2D eigenvalue weighted by molar-refractivity contribution is 0.0836. The minimum atomic E-state index is 0. The van der Waals surface area contributed by atoms with E-state index in [2.05, 4.69) is 48.3 Å². The lowest BCUT2D eigenvalue weighted by atomic mass is 9.76. The van der Waals surface area contributed by atoms with Gasteiger partial charge in [0.15, 0.2) is 0 Å². The van der Waals surface area contributed by atoms with Crippen molar-refractivity contribution >= 4 is 24.8 Å². The van der Waals surface area contributed by atoms with E-state index < -0.39 is 0 Å². The molecule has 1 saturated heterocycles. The largest absolute Gasteiger partial charge is 0.491 e. The molecule has 5 heteroatoms. The van der Waals surface area contributed by atoms with Crippen LogP contribution in [0.1, 0.15) is 44.7 Å². The van der Waals surface area contributed by atoms with Crippen molar-refractivity contribution in [1.29, 1.82) is 0 Å². The maximum atomic E-state index is 5.77. The Morgan fingerprint density at radius 1 is 1.04 bits per heavy atom. The van der Waals surface area contributed by atoms with Crippen molar-refractivity contribution in [2.24, 2.45) is 5.92 Å². The molecule has 1 aliphatic heterocycles. The van der Waals surface area contributed by atoms with Crippen LogP contribution in [0, 0.1) is 5.92 Å². The van der Waals surface area contributed by atoms with Crippen molar-refractivity contribution in [3.05, 3.63) is 29.8 Å². The Hall–Kier alpha value is -0.480. The maximum Gasteiger partial charge on any atom is 0.119 e. The van der Waals surface area contributed by atoms with Crippen LogP contribution >= 0.6 is 24.8 Å². The number of piperazine rings is 1. The normalized spacial score (nSPS) is 20.1. The Balaban J connectivity index is 0.00000132. The van der Waals surface area contributed by atoms with Crippen LogP contribution in [0.5, 0.6) is 5.75 Å². The summed E-state index contributed by atoms with van der Waals surface area (Å²) in [6.07, 6.45) is 4.42. The lowest BCUT2D eigenvalue weighted by Gasteiger charge is -2.43. The van der Waals surface area contributed by atoms with Gasteiger partial charge in [0.25, 0.3) is 0 Å². The van der Waals surface area contributed by atoms with Crippen LogP contribution in [0.3, 0.4) is 0 Å². The number of hydrogen-bond donors (Lipinski definition) is 1. The minimum Gasteiger partial charge on any atom is -0.491 e. The number of nitrogens with zero attached hydrogens (tertiary/aromatic N) is 1. The highest BCUT2D eigenvalue weighted by Crippen LogP contribution is 2.41. The SMILES string of the molecule is CC(C)Oc1ccc([C@@H](C2CCC2)N2CCNCC2)cc1.Cl.Cl. The van der Waals surface area contributed by atoms with Gasteiger partial charge in [-0.25, -0.2) is 0 Å². The molecule has 1 aromatic carbocycles. The van der Waals surface area contributed by atoms with Gasteiger partial charge in [0.05, 0.1) is 6.10 Å². The Kier molecular flexibility index (Phi) is 8.70. The van der Waals surface area contributed by atoms with E-state index in [9.17, 15) is 0 Å². The van der Waals surface area contributed by atoms with Gasteiger partial charge in [-0.3, -0.25) is 4.90 Å². The van der Waals surface area contributed by atoms with Gasteiger partial charge in [0, 0.05) is 32.2 Å². The summed E-state index contributed by atoms with van der Waals surface area (Å²) in [6, 6.07) is 9.45. The van der Waals surface area contributed by atoms with Crippen LogP contribution in [-0.2, 0) is 0 Å². The fourth-order valence-electron chi connectivity index (χ4n) is 3.51. The molecule has 2 aliphatic rings. The van der Waals surface area contributed by atoms with Gasteiger partial charge in [-0.05, 0) is 50.3 Å². The summed E-state index contributed by atoms with van der Waals surface area (Å²) in [6.45, 7) is 8.74. The number of nitrogens with one attached hydrogen (secondary N) is 1. The molecule has 1 aromatic rings. The molecule has 23 heavy (non-hydrogen) atoms. The highest BCUT2D eigenvalue weighted by molar-refractivity contribution is 5.85. The van der Waals surface area contributed by atoms with Gasteiger partial charge in [-0.1, -0.05) is 18.6 Å². The standard InChI is InChI=1S/C18H28N2O.2ClH/c1-14(2)21-17-8-6-16(7-9-17)18(15-4-3-5-15)20-12-10-19-11-13-20;;/h6-9,14-15,18-19H,3-5,10-13H2,1-2H3;2*1H/t18-;;/m1../s1. The van der Waals surface area contributed by atoms with E-state index in [1.165, 1.54) is 37.9 Å². The Bertz CT molecular complexity index is 443. The first-order chi connectivity index (χ1) is 10.2. The highest BCUT2D eigenvalue weighted by atomic mass is 35.5. The maximum absolute atomic E-state index is 5.77. The Morgan fingerprint density at radius 3 is 2.13 bits per heavy atom. The summed E-state index contributed by atoms with van der Waals surface area (Å²) < 4.78 is 5.77. The fourth-order valence-corrected chi connectivity index (χ4v) is 3.51. The molecule has 0 aromatic heterocycles. The van der Waals surface area contributed by atoms with Crippen LogP contribution in [-0.4, -0.2) is 37.2 Å². The predicted molar refractivity (Wildman–Crippen MR) is 101 cm³/mol. The molecule has 3 rings (SSSR count). The van der Waals surface area contributed by atoms with E-state index in [0.29, 0.717) is 6.04 Å². The first-order valence-corrected chi connectivity index (χ1v) is 8.45. The summed E-state index contributed by atoms with van der Waals surface area (Å²) in [7, 11) is 0. The number of halogens is 2. The molecule has 1 aliphatic carbocycles. The summed E-state index contributed by atoms with van der Waals surface area (Å²) in [5.74, 6) is 1.83. The molecular formula is C18H30Cl2N2O. The molecule has 1 saturated carbocycles. The molecule has 0 amide bonds. The van der Waals surface area contributed by atoms with Crippen molar-refractivity contribution in [3.63, 3.8) is 0 Å². The van der Waals surface area contributed by atoms with E-state index in [1.807, 2.05) is 0 Å². The number of ether oxygens (including phenoxy) is 1. The zero-order valence-corrected chi connectivity index (χ0v) is 15.8. The second-order valence-corrected chi connectivity index (χ2v) is 6.66. The van der Waals surface area contributed by atoms with Crippen molar-refractivity contribution in [2.45, 2.75) is 45.3 Å². The van der Waals surface area contributed by atoms with Gasteiger partial charge >= 0.3 is 0 Å². The second-order valence-electron chi connectivity index (χ2n) is 6.66. The molecule has 0 spiro atoms. The highest BCUT2D eigenvalue weighted by Gasteiger charge is 2.33. The van der Waals surface area contributed by atoms with E-state index in [0.717, 1.165) is 24.8 Å². The summed E-state index contributed by atoms with van der Waals surface area (Å²) >= 11 is 0. The van der Waals surface area contributed by atoms with Crippen molar-refractivity contribution < 1.29 is 4.74 Å². The third kappa shape index (κ3) is 5.25. The van der Waals surface area contributed by atoms with E-state index in [1.54, 1.807) is 0 Å². The average molecular weight is 361 g/mol. The van der Waals surface area contributed by atoms with Crippen LogP contribution in [0.15, 0.2) is 24.3 Å². The average Bonchev–Trinajstić information content (AvgIpc) is 2.44. The third-order valence-corrected chi connectivity index (χ3v) is 4.73. The molecule has 132 valence electrons. The molecule has 1 atom stereocenters. The molecule has 2 fully saturated rings. The second kappa shape index (κ2) is 9.73. The quantitative estimate of drug-likeness (QED) is 0.856. The first kappa shape index (κ1) is 20.6. The number of benzene rings is 1. The number of rotatable bonds is 5. The molecule has 1 heterocycles. The predicted octanol–water partition coefficient (Wildman–Crippen LogP) is 4.06. The minimum absolute atomic E-state index is 0. The molecule has 3 nitrogen and oxygen atoms in total. The van der Waals surface area contributed by atoms with Crippen LogP contribution < -0.4 is 10.1 Å². The number of hydrogen-bond acceptors (Lipinski definition) is 3. The topological polar surface area (TPSA) is 24.5 Å². The van der Waals surface area contributed by atoms with Crippen LogP contribution in [0.2, 0.25) is 0 Å². The zero-order chi connectivity index (χ0) is 14.7. The molecule has 0 bridgehead atoms. The molecular weight excluding hydrogens is 331 g/mol. The smallest absolute Gasteiger partial charge is 0.119 e.